The number of thioether (sulfide) groups is 1. The second-order valence-electron chi connectivity index (χ2n) is 6.70. The van der Waals surface area contributed by atoms with Gasteiger partial charge in [-0.15, -0.1) is 21.5 Å². The number of aromatic nitrogens is 4. The molecule has 3 rings (SSSR count). The molecule has 33 heavy (non-hydrogen) atoms. The van der Waals surface area contributed by atoms with Gasteiger partial charge >= 0.3 is 5.97 Å². The minimum absolute atomic E-state index is 0.0404. The molecular formula is C20H21F2N5O4S2. The summed E-state index contributed by atoms with van der Waals surface area (Å²) in [7, 11) is 1.69. The summed E-state index contributed by atoms with van der Waals surface area (Å²) in [4.78, 5) is 28.0. The molecule has 1 amide bonds. The third kappa shape index (κ3) is 6.71. The quantitative estimate of drug-likeness (QED) is 0.335. The Morgan fingerprint density at radius 1 is 1.30 bits per heavy atom. The number of nitrogens with one attached hydrogen (secondary N) is 1. The first-order chi connectivity index (χ1) is 15.8. The Kier molecular flexibility index (Phi) is 8.33. The minimum atomic E-state index is -0.817. The molecule has 0 fully saturated rings. The molecule has 0 aliphatic heterocycles. The number of carbonyl (C=O) groups excluding carboxylic acids is 2. The van der Waals surface area contributed by atoms with Crippen molar-refractivity contribution in [3.8, 4) is 5.75 Å². The molecule has 1 N–H and O–H groups in total. The summed E-state index contributed by atoms with van der Waals surface area (Å²) in [5.74, 6) is -1.86. The van der Waals surface area contributed by atoms with E-state index in [-0.39, 0.29) is 29.8 Å². The molecule has 0 saturated heterocycles. The first kappa shape index (κ1) is 24.6. The Bertz CT molecular complexity index is 1140. The standard InChI is InChI=1S/C20H21F2N5O4S2/c1-4-30-17(29)8-13-9-32-19(23-13)24-16(28)10-33-20-26-25-18(27(20)3)11(2)31-15-6-5-12(21)7-14(15)22/h5-7,9,11H,4,8,10H2,1-3H3,(H,23,24,28). The van der Waals surface area contributed by atoms with Crippen molar-refractivity contribution >= 4 is 40.1 Å². The average molecular weight is 498 g/mol. The molecule has 0 bridgehead atoms. The predicted molar refractivity (Wildman–Crippen MR) is 118 cm³/mol. The van der Waals surface area contributed by atoms with Gasteiger partial charge in [-0.3, -0.25) is 9.59 Å². The molecule has 1 aromatic carbocycles. The maximum atomic E-state index is 13.8. The molecule has 1 unspecified atom stereocenters. The van der Waals surface area contributed by atoms with Crippen LogP contribution in [0.15, 0.2) is 28.7 Å². The first-order valence-corrected chi connectivity index (χ1v) is 11.7. The fraction of sp³-hybridized carbons (Fsp3) is 0.350. The molecule has 2 aromatic heterocycles. The van der Waals surface area contributed by atoms with Crippen molar-refractivity contribution < 1.29 is 27.8 Å². The molecule has 0 saturated carbocycles. The molecule has 0 spiro atoms. The van der Waals surface area contributed by atoms with E-state index in [9.17, 15) is 18.4 Å². The zero-order chi connectivity index (χ0) is 24.0. The van der Waals surface area contributed by atoms with Crippen LogP contribution in [0.4, 0.5) is 13.9 Å². The summed E-state index contributed by atoms with van der Waals surface area (Å²) in [6.45, 7) is 3.67. The van der Waals surface area contributed by atoms with Gasteiger partial charge in [0.15, 0.2) is 33.8 Å². The second-order valence-corrected chi connectivity index (χ2v) is 8.50. The molecule has 0 aliphatic carbocycles. The lowest BCUT2D eigenvalue weighted by molar-refractivity contribution is -0.142. The lowest BCUT2D eigenvalue weighted by Gasteiger charge is -2.14. The van der Waals surface area contributed by atoms with Crippen LogP contribution in [-0.4, -0.2) is 44.0 Å². The smallest absolute Gasteiger partial charge is 0.311 e. The second kappa shape index (κ2) is 11.2. The SMILES string of the molecule is CCOC(=O)Cc1csc(NC(=O)CSc2nnc(C(C)Oc3ccc(F)cc3F)n2C)n1. The summed E-state index contributed by atoms with van der Waals surface area (Å²) in [6.07, 6.45) is -0.627. The Hall–Kier alpha value is -3.06. The summed E-state index contributed by atoms with van der Waals surface area (Å²) < 4.78 is 38.9. The molecule has 0 aliphatic rings. The van der Waals surface area contributed by atoms with Crippen LogP contribution < -0.4 is 10.1 Å². The van der Waals surface area contributed by atoms with Crippen molar-refractivity contribution in [3.63, 3.8) is 0 Å². The number of rotatable bonds is 10. The normalized spacial score (nSPS) is 11.8. The van der Waals surface area contributed by atoms with E-state index >= 15 is 0 Å². The van der Waals surface area contributed by atoms with Crippen LogP contribution in [0.1, 0.15) is 31.5 Å². The Balaban J connectivity index is 1.53. The monoisotopic (exact) mass is 497 g/mol. The van der Waals surface area contributed by atoms with Gasteiger partial charge < -0.3 is 19.4 Å². The van der Waals surface area contributed by atoms with Crippen LogP contribution in [-0.2, 0) is 27.8 Å². The number of amides is 1. The predicted octanol–water partition coefficient (Wildman–Crippen LogP) is 3.53. The zero-order valence-corrected chi connectivity index (χ0v) is 19.6. The highest BCUT2D eigenvalue weighted by Gasteiger charge is 2.20. The summed E-state index contributed by atoms with van der Waals surface area (Å²) >= 11 is 2.36. The van der Waals surface area contributed by atoms with E-state index in [2.05, 4.69) is 20.5 Å². The molecule has 0 radical (unpaired) electrons. The lowest BCUT2D eigenvalue weighted by Crippen LogP contribution is -2.15. The van der Waals surface area contributed by atoms with Crippen molar-refractivity contribution in [2.45, 2.75) is 31.5 Å². The number of carbonyl (C=O) groups is 2. The highest BCUT2D eigenvalue weighted by atomic mass is 32.2. The number of esters is 1. The van der Waals surface area contributed by atoms with E-state index in [1.54, 1.807) is 30.8 Å². The Morgan fingerprint density at radius 3 is 2.82 bits per heavy atom. The number of hydrogen-bond acceptors (Lipinski definition) is 9. The van der Waals surface area contributed by atoms with Crippen LogP contribution in [0.3, 0.4) is 0 Å². The molecule has 9 nitrogen and oxygen atoms in total. The summed E-state index contributed by atoms with van der Waals surface area (Å²) in [6, 6.07) is 3.04. The third-order valence-electron chi connectivity index (χ3n) is 4.19. The number of nitrogens with zero attached hydrogens (tertiary/aromatic N) is 4. The minimum Gasteiger partial charge on any atom is -0.480 e. The number of halogens is 2. The number of thiazole rings is 1. The van der Waals surface area contributed by atoms with Crippen LogP contribution in [0.25, 0.3) is 0 Å². The van der Waals surface area contributed by atoms with Gasteiger partial charge in [-0.05, 0) is 26.0 Å². The number of benzene rings is 1. The van der Waals surface area contributed by atoms with Crippen molar-refractivity contribution in [2.24, 2.45) is 7.05 Å². The van der Waals surface area contributed by atoms with Crippen molar-refractivity contribution in [1.29, 1.82) is 0 Å². The van der Waals surface area contributed by atoms with E-state index in [0.717, 1.165) is 23.9 Å². The van der Waals surface area contributed by atoms with Crippen LogP contribution >= 0.6 is 23.1 Å². The number of ether oxygens (including phenoxy) is 2. The van der Waals surface area contributed by atoms with E-state index in [4.69, 9.17) is 9.47 Å². The van der Waals surface area contributed by atoms with Gasteiger partial charge in [0.2, 0.25) is 5.91 Å². The summed E-state index contributed by atoms with van der Waals surface area (Å²) in [5, 5.41) is 13.3. The maximum Gasteiger partial charge on any atom is 0.311 e. The van der Waals surface area contributed by atoms with Gasteiger partial charge in [0.25, 0.3) is 0 Å². The lowest BCUT2D eigenvalue weighted by atomic mass is 10.3. The van der Waals surface area contributed by atoms with Gasteiger partial charge in [0, 0.05) is 18.5 Å². The zero-order valence-electron chi connectivity index (χ0n) is 18.0. The highest BCUT2D eigenvalue weighted by molar-refractivity contribution is 7.99. The van der Waals surface area contributed by atoms with Gasteiger partial charge in [-0.25, -0.2) is 13.8 Å². The van der Waals surface area contributed by atoms with Crippen LogP contribution in [0.5, 0.6) is 5.75 Å². The van der Waals surface area contributed by atoms with E-state index in [1.165, 1.54) is 17.4 Å². The molecule has 3 aromatic rings. The fourth-order valence-corrected chi connectivity index (χ4v) is 4.16. The molecule has 176 valence electrons. The Morgan fingerprint density at radius 2 is 2.09 bits per heavy atom. The van der Waals surface area contributed by atoms with E-state index in [1.807, 2.05) is 0 Å². The fourth-order valence-electron chi connectivity index (χ4n) is 2.71. The van der Waals surface area contributed by atoms with Crippen molar-refractivity contribution in [2.75, 3.05) is 17.7 Å². The van der Waals surface area contributed by atoms with Crippen molar-refractivity contribution in [1.82, 2.24) is 19.7 Å². The number of hydrogen-bond donors (Lipinski definition) is 1. The first-order valence-electron chi connectivity index (χ1n) is 9.80. The largest absolute Gasteiger partial charge is 0.480 e. The van der Waals surface area contributed by atoms with E-state index < -0.39 is 17.7 Å². The van der Waals surface area contributed by atoms with E-state index in [0.29, 0.717) is 28.4 Å². The van der Waals surface area contributed by atoms with Gasteiger partial charge in [-0.1, -0.05) is 11.8 Å². The topological polar surface area (TPSA) is 108 Å². The number of anilines is 1. The molecular weight excluding hydrogens is 476 g/mol. The van der Waals surface area contributed by atoms with Gasteiger partial charge in [0.1, 0.15) is 5.82 Å². The molecule has 13 heteroatoms. The summed E-state index contributed by atoms with van der Waals surface area (Å²) in [5.41, 5.74) is 0.519. The van der Waals surface area contributed by atoms with Gasteiger partial charge in [0.05, 0.1) is 24.5 Å². The van der Waals surface area contributed by atoms with Crippen molar-refractivity contribution in [3.05, 3.63) is 46.7 Å². The molecule has 1 atom stereocenters. The maximum absolute atomic E-state index is 13.8. The molecule has 2 heterocycles. The highest BCUT2D eigenvalue weighted by Crippen LogP contribution is 2.26. The van der Waals surface area contributed by atoms with Gasteiger partial charge in [-0.2, -0.15) is 0 Å². The Labute approximate surface area is 196 Å². The van der Waals surface area contributed by atoms with Crippen LogP contribution in [0.2, 0.25) is 0 Å². The average Bonchev–Trinajstić information content (AvgIpc) is 3.34. The van der Waals surface area contributed by atoms with Crippen LogP contribution in [0, 0.1) is 11.6 Å². The third-order valence-corrected chi connectivity index (χ3v) is 6.02.